The molecule has 53 heavy (non-hydrogen) atoms. The fourth-order valence-electron chi connectivity index (χ4n) is 7.99. The van der Waals surface area contributed by atoms with Gasteiger partial charge in [0.05, 0.1) is 22.2 Å². The number of aromatic nitrogens is 2. The van der Waals surface area contributed by atoms with E-state index in [2.05, 4.69) is 132 Å². The maximum Gasteiger partial charge on any atom is 0.171 e. The summed E-state index contributed by atoms with van der Waals surface area (Å²) < 4.78 is 17.4. The molecule has 0 fully saturated rings. The zero-order chi connectivity index (χ0) is 35.4. The fourth-order valence-corrected chi connectivity index (χ4v) is 10.6. The molecule has 10 rings (SSSR count). The predicted octanol–water partition coefficient (Wildman–Crippen LogP) is 11.5. The van der Waals surface area contributed by atoms with Crippen LogP contribution in [0, 0.1) is 0 Å². The minimum atomic E-state index is -3.07. The molecule has 0 N–H and O–H groups in total. The van der Waals surface area contributed by atoms with Gasteiger partial charge in [0.25, 0.3) is 0 Å². The quantitative estimate of drug-likeness (QED) is 0.128. The van der Waals surface area contributed by atoms with Gasteiger partial charge in [-0.3, -0.25) is 0 Å². The maximum atomic E-state index is 15.0. The Labute approximate surface area is 307 Å². The highest BCUT2D eigenvalue weighted by molar-refractivity contribution is 7.85. The molecule has 0 bridgehead atoms. The van der Waals surface area contributed by atoms with Crippen LogP contribution in [0.25, 0.3) is 71.6 Å². The van der Waals surface area contributed by atoms with Crippen molar-refractivity contribution in [3.63, 3.8) is 0 Å². The summed E-state index contributed by atoms with van der Waals surface area (Å²) in [5.74, 6) is 0. The second-order valence-corrected chi connectivity index (χ2v) is 16.2. The lowest BCUT2D eigenvalue weighted by Gasteiger charge is -2.20. The molecule has 8 aromatic carbocycles. The highest BCUT2D eigenvalue weighted by atomic mass is 31.2. The van der Waals surface area contributed by atoms with Crippen LogP contribution in [0.3, 0.4) is 0 Å². The molecule has 0 aliphatic rings. The van der Waals surface area contributed by atoms with Gasteiger partial charge in [0.2, 0.25) is 0 Å². The molecule has 0 unspecified atom stereocenters. The van der Waals surface area contributed by atoms with Gasteiger partial charge < -0.3 is 9.13 Å². The third kappa shape index (κ3) is 5.04. The normalized spacial score (nSPS) is 11.8. The van der Waals surface area contributed by atoms with Gasteiger partial charge in [0.15, 0.2) is 7.14 Å². The van der Waals surface area contributed by atoms with Crippen LogP contribution in [0.2, 0.25) is 0 Å². The van der Waals surface area contributed by atoms with E-state index in [1.165, 1.54) is 21.7 Å². The molecule has 0 atom stereocenters. The van der Waals surface area contributed by atoms with Crippen LogP contribution < -0.4 is 15.9 Å². The first-order chi connectivity index (χ1) is 26.2. The lowest BCUT2D eigenvalue weighted by Crippen LogP contribution is -2.24. The van der Waals surface area contributed by atoms with Crippen molar-refractivity contribution < 1.29 is 4.57 Å². The molecule has 0 spiro atoms. The number of para-hydroxylation sites is 2. The predicted molar refractivity (Wildman–Crippen MR) is 224 cm³/mol. The Hall–Kier alpha value is -6.54. The summed E-state index contributed by atoms with van der Waals surface area (Å²) in [6.45, 7) is 0. The van der Waals surface area contributed by atoms with Gasteiger partial charge in [-0.25, -0.2) is 4.98 Å². The molecule has 0 amide bonds. The van der Waals surface area contributed by atoms with Crippen LogP contribution in [0.15, 0.2) is 200 Å². The fraction of sp³-hybridized carbons (Fsp3) is 0. The first-order valence-electron chi connectivity index (χ1n) is 17.9. The summed E-state index contributed by atoms with van der Waals surface area (Å²) >= 11 is 0. The third-order valence-electron chi connectivity index (χ3n) is 10.5. The minimum Gasteiger partial charge on any atom is -0.309 e. The second kappa shape index (κ2) is 12.6. The van der Waals surface area contributed by atoms with Gasteiger partial charge in [-0.15, -0.1) is 0 Å². The summed E-state index contributed by atoms with van der Waals surface area (Å²) in [5.41, 5.74) is 8.55. The van der Waals surface area contributed by atoms with Gasteiger partial charge in [-0.05, 0) is 41.5 Å². The van der Waals surface area contributed by atoms with Crippen LogP contribution in [0.4, 0.5) is 0 Å². The largest absolute Gasteiger partial charge is 0.309 e. The van der Waals surface area contributed by atoms with Crippen LogP contribution in [-0.2, 0) is 4.57 Å². The van der Waals surface area contributed by atoms with E-state index in [9.17, 15) is 0 Å². The number of rotatable bonds is 6. The van der Waals surface area contributed by atoms with Crippen molar-refractivity contribution in [2.45, 2.75) is 0 Å². The van der Waals surface area contributed by atoms with Crippen molar-refractivity contribution in [2.75, 3.05) is 0 Å². The van der Waals surface area contributed by atoms with Crippen molar-refractivity contribution >= 4 is 66.5 Å². The van der Waals surface area contributed by atoms with E-state index in [-0.39, 0.29) is 0 Å². The molecule has 2 heterocycles. The number of nitrogens with zero attached hydrogens (tertiary/aromatic N) is 2. The number of benzene rings is 8. The summed E-state index contributed by atoms with van der Waals surface area (Å²) in [6, 6.07) is 68.9. The van der Waals surface area contributed by atoms with Gasteiger partial charge in [-0.1, -0.05) is 170 Å². The van der Waals surface area contributed by atoms with E-state index in [0.717, 1.165) is 65.8 Å². The highest BCUT2D eigenvalue weighted by Gasteiger charge is 2.29. The Morgan fingerprint density at radius 3 is 1.62 bits per heavy atom. The first kappa shape index (κ1) is 31.2. The standard InChI is InChI=1S/C49H33N2OP/c52-53(38-19-9-3-10-20-38,39-21-11-4-12-22-39)40-28-25-34(26-29-40)36-27-30-41-44(33-36)50-49(35-15-5-1-6-16-35)43-31-32-46-48(47(41)43)42-23-13-14-24-45(42)51(46)37-17-7-2-8-18-37/h1-33H. The molecule has 3 nitrogen and oxygen atoms in total. The maximum absolute atomic E-state index is 15.0. The SMILES string of the molecule is O=P(c1ccccc1)(c1ccccc1)c1ccc(-c2ccc3c(c2)nc(-c2ccccc2)c2ccc4c(c5ccccc5n4-c4ccccc4)c23)cc1. The number of pyridine rings is 1. The number of fused-ring (bicyclic) bond motifs is 7. The summed E-state index contributed by atoms with van der Waals surface area (Å²) in [5, 5.41) is 8.34. The molecule has 4 heteroatoms. The van der Waals surface area contributed by atoms with Gasteiger partial charge in [-0.2, -0.15) is 0 Å². The van der Waals surface area contributed by atoms with Crippen molar-refractivity contribution in [1.29, 1.82) is 0 Å². The molecule has 0 radical (unpaired) electrons. The van der Waals surface area contributed by atoms with Crippen molar-refractivity contribution in [3.05, 3.63) is 200 Å². The van der Waals surface area contributed by atoms with Crippen LogP contribution >= 0.6 is 7.14 Å². The zero-order valence-electron chi connectivity index (χ0n) is 28.8. The molecule has 10 aromatic rings. The Balaban J connectivity index is 1.19. The lowest BCUT2D eigenvalue weighted by atomic mass is 9.94. The van der Waals surface area contributed by atoms with E-state index in [1.807, 2.05) is 72.8 Å². The minimum absolute atomic E-state index is 0.812. The molecule has 0 aliphatic heterocycles. The van der Waals surface area contributed by atoms with Crippen LogP contribution in [0.5, 0.6) is 0 Å². The van der Waals surface area contributed by atoms with E-state index < -0.39 is 7.14 Å². The van der Waals surface area contributed by atoms with Crippen LogP contribution in [0.1, 0.15) is 0 Å². The topological polar surface area (TPSA) is 34.9 Å². The van der Waals surface area contributed by atoms with E-state index in [1.54, 1.807) is 0 Å². The average molecular weight is 697 g/mol. The Morgan fingerprint density at radius 1 is 0.396 bits per heavy atom. The van der Waals surface area contributed by atoms with Crippen molar-refractivity contribution in [1.82, 2.24) is 9.55 Å². The number of hydrogen-bond donors (Lipinski definition) is 0. The summed E-state index contributed by atoms with van der Waals surface area (Å²) in [7, 11) is -3.07. The van der Waals surface area contributed by atoms with Crippen molar-refractivity contribution in [2.24, 2.45) is 0 Å². The summed E-state index contributed by atoms with van der Waals surface area (Å²) in [6.07, 6.45) is 0. The third-order valence-corrected chi connectivity index (χ3v) is 13.5. The monoisotopic (exact) mass is 696 g/mol. The van der Waals surface area contributed by atoms with Gasteiger partial charge >= 0.3 is 0 Å². The Bertz CT molecular complexity index is 2950. The zero-order valence-corrected chi connectivity index (χ0v) is 29.7. The molecular weight excluding hydrogens is 664 g/mol. The molecular formula is C49H33N2OP. The molecule has 0 saturated carbocycles. The van der Waals surface area contributed by atoms with E-state index in [4.69, 9.17) is 4.98 Å². The highest BCUT2D eigenvalue weighted by Crippen LogP contribution is 2.44. The van der Waals surface area contributed by atoms with Crippen LogP contribution in [-0.4, -0.2) is 9.55 Å². The van der Waals surface area contributed by atoms with Crippen molar-refractivity contribution in [3.8, 4) is 28.1 Å². The Morgan fingerprint density at radius 2 is 0.943 bits per heavy atom. The molecule has 250 valence electrons. The average Bonchev–Trinajstić information content (AvgIpc) is 3.59. The first-order valence-corrected chi connectivity index (χ1v) is 19.6. The summed E-state index contributed by atoms with van der Waals surface area (Å²) in [4.78, 5) is 5.40. The molecule has 0 saturated heterocycles. The smallest absolute Gasteiger partial charge is 0.171 e. The van der Waals surface area contributed by atoms with E-state index >= 15 is 4.57 Å². The molecule has 2 aromatic heterocycles. The number of hydrogen-bond acceptors (Lipinski definition) is 2. The van der Waals surface area contributed by atoms with Gasteiger partial charge in [0, 0.05) is 54.1 Å². The molecule has 0 aliphatic carbocycles. The second-order valence-electron chi connectivity index (χ2n) is 13.5. The Kier molecular flexibility index (Phi) is 7.42. The lowest BCUT2D eigenvalue weighted by molar-refractivity contribution is 0.592. The van der Waals surface area contributed by atoms with Gasteiger partial charge in [0.1, 0.15) is 0 Å². The van der Waals surface area contributed by atoms with E-state index in [0.29, 0.717) is 0 Å².